The van der Waals surface area contributed by atoms with Gasteiger partial charge in [-0.25, -0.2) is 18.5 Å². The molecule has 9 heteroatoms. The topological polar surface area (TPSA) is 87.8 Å². The highest BCUT2D eigenvalue weighted by molar-refractivity contribution is 7.93. The first-order valence-electron chi connectivity index (χ1n) is 9.94. The minimum absolute atomic E-state index is 0.158. The van der Waals surface area contributed by atoms with E-state index >= 15 is 0 Å². The second-order valence-electron chi connectivity index (χ2n) is 7.95. The fourth-order valence-electron chi connectivity index (χ4n) is 4.32. The number of nitrogens with zero attached hydrogens (tertiary/aromatic N) is 2. The van der Waals surface area contributed by atoms with Gasteiger partial charge in [0.05, 0.1) is 0 Å². The minimum Gasteiger partial charge on any atom is -0.305 e. The molecule has 0 radical (unpaired) electrons. The van der Waals surface area contributed by atoms with Gasteiger partial charge in [-0.2, -0.15) is 0 Å². The Balaban J connectivity index is 1.40. The molecule has 0 spiro atoms. The van der Waals surface area contributed by atoms with Crippen LogP contribution in [-0.2, 0) is 42.1 Å². The Bertz CT molecular complexity index is 1130. The highest BCUT2D eigenvalue weighted by Crippen LogP contribution is 2.39. The summed E-state index contributed by atoms with van der Waals surface area (Å²) in [4.78, 5) is 15.5. The quantitative estimate of drug-likeness (QED) is 0.771. The van der Waals surface area contributed by atoms with Gasteiger partial charge in [0.2, 0.25) is 0 Å². The smallest absolute Gasteiger partial charge is 0.305 e. The van der Waals surface area contributed by atoms with Gasteiger partial charge in [-0.15, -0.1) is 15.7 Å². The molecule has 1 unspecified atom stereocenters. The number of urea groups is 1. The van der Waals surface area contributed by atoms with Crippen molar-refractivity contribution in [2.45, 2.75) is 49.3 Å². The van der Waals surface area contributed by atoms with Crippen LogP contribution in [0.4, 0.5) is 14.9 Å². The van der Waals surface area contributed by atoms with E-state index in [2.05, 4.69) is 20.6 Å². The Hall–Kier alpha value is -1.81. The van der Waals surface area contributed by atoms with E-state index in [0.717, 1.165) is 84.6 Å². The first kappa shape index (κ1) is 19.2. The Morgan fingerprint density at radius 2 is 1.93 bits per heavy atom. The van der Waals surface area contributed by atoms with Crippen LogP contribution < -0.4 is 10.5 Å². The number of hydrogen-bond donors (Lipinski definition) is 2. The van der Waals surface area contributed by atoms with Crippen molar-refractivity contribution in [3.05, 3.63) is 45.1 Å². The normalized spacial score (nSPS) is 19.5. The standard InChI is InChI=1S/C20H23FN4O2S2/c21-17-10-14(11-25-7-2-8-25)28-19(17)29(22,27)24-20(26)23-18-15-4-1-3-12(15)9-13-5-6-16(13)18/h9-10H,1-8,11H2,(H3,22,23,24,26,27). The summed E-state index contributed by atoms with van der Waals surface area (Å²) in [5.41, 5.74) is 5.61. The van der Waals surface area contributed by atoms with Crippen molar-refractivity contribution in [3.63, 3.8) is 0 Å². The largest absolute Gasteiger partial charge is 0.354 e. The zero-order chi connectivity index (χ0) is 20.2. The van der Waals surface area contributed by atoms with Crippen LogP contribution in [0.3, 0.4) is 0 Å². The molecule has 1 aromatic heterocycles. The number of nitrogens with two attached hydrogens (primary N) is 1. The van der Waals surface area contributed by atoms with Gasteiger partial charge >= 0.3 is 6.03 Å². The Morgan fingerprint density at radius 3 is 2.62 bits per heavy atom. The molecule has 5 rings (SSSR count). The van der Waals surface area contributed by atoms with Crippen LogP contribution in [0, 0.1) is 5.82 Å². The van der Waals surface area contributed by atoms with E-state index in [0.29, 0.717) is 6.54 Å². The summed E-state index contributed by atoms with van der Waals surface area (Å²) >= 11 is 1.04. The molecule has 1 fully saturated rings. The number of carbonyl (C=O) groups excluding carboxylic acids is 1. The number of aryl methyl sites for hydroxylation is 2. The molecule has 1 aliphatic heterocycles. The van der Waals surface area contributed by atoms with Crippen molar-refractivity contribution >= 4 is 33.0 Å². The molecule has 0 saturated carbocycles. The third-order valence-corrected chi connectivity index (χ3v) is 9.01. The fourth-order valence-corrected chi connectivity index (χ4v) is 6.75. The first-order valence-corrected chi connectivity index (χ1v) is 12.3. The van der Waals surface area contributed by atoms with E-state index in [1.807, 2.05) is 0 Å². The van der Waals surface area contributed by atoms with E-state index in [4.69, 9.17) is 5.14 Å². The zero-order valence-electron chi connectivity index (χ0n) is 16.0. The number of likely N-dealkylation sites (tertiary alicyclic amines) is 1. The lowest BCUT2D eigenvalue weighted by Gasteiger charge is -2.29. The summed E-state index contributed by atoms with van der Waals surface area (Å²) in [6.07, 6.45) is 6.04. The van der Waals surface area contributed by atoms with Gasteiger partial charge in [0.25, 0.3) is 0 Å². The predicted molar refractivity (Wildman–Crippen MR) is 112 cm³/mol. The lowest BCUT2D eigenvalue weighted by atomic mass is 9.83. The van der Waals surface area contributed by atoms with E-state index in [1.54, 1.807) is 0 Å². The Labute approximate surface area is 173 Å². The zero-order valence-corrected chi connectivity index (χ0v) is 17.6. The molecule has 1 aromatic carbocycles. The van der Waals surface area contributed by atoms with E-state index in [9.17, 15) is 13.4 Å². The van der Waals surface area contributed by atoms with Gasteiger partial charge in [-0.1, -0.05) is 6.07 Å². The third-order valence-electron chi connectivity index (χ3n) is 6.00. The minimum atomic E-state index is -3.65. The summed E-state index contributed by atoms with van der Waals surface area (Å²) in [5.74, 6) is -0.653. The molecular formula is C20H23FN4O2S2. The molecule has 0 bridgehead atoms. The Kier molecular flexibility index (Phi) is 4.73. The Morgan fingerprint density at radius 1 is 1.17 bits per heavy atom. The number of benzene rings is 1. The second kappa shape index (κ2) is 7.16. The average molecular weight is 435 g/mol. The van der Waals surface area contributed by atoms with Crippen LogP contribution in [-0.4, -0.2) is 28.2 Å². The second-order valence-corrected chi connectivity index (χ2v) is 11.1. The monoisotopic (exact) mass is 434 g/mol. The lowest BCUT2D eigenvalue weighted by Crippen LogP contribution is -2.35. The molecule has 1 atom stereocenters. The van der Waals surface area contributed by atoms with Crippen LogP contribution in [0.2, 0.25) is 0 Å². The summed E-state index contributed by atoms with van der Waals surface area (Å²) in [7, 11) is -3.65. The molecule has 2 heterocycles. The van der Waals surface area contributed by atoms with E-state index in [-0.39, 0.29) is 4.21 Å². The summed E-state index contributed by atoms with van der Waals surface area (Å²) in [6, 6.07) is 2.81. The maximum absolute atomic E-state index is 14.4. The van der Waals surface area contributed by atoms with Gasteiger partial charge in [-0.05, 0) is 79.9 Å². The maximum atomic E-state index is 14.4. The number of nitrogens with one attached hydrogen (secondary N) is 1. The molecule has 1 saturated heterocycles. The number of anilines is 1. The van der Waals surface area contributed by atoms with Gasteiger partial charge in [0.1, 0.15) is 0 Å². The van der Waals surface area contributed by atoms with E-state index in [1.165, 1.54) is 17.2 Å². The molecule has 2 aliphatic carbocycles. The van der Waals surface area contributed by atoms with Crippen molar-refractivity contribution in [3.8, 4) is 0 Å². The summed E-state index contributed by atoms with van der Waals surface area (Å²) in [6.45, 7) is 2.56. The van der Waals surface area contributed by atoms with Crippen LogP contribution >= 0.6 is 11.3 Å². The van der Waals surface area contributed by atoms with Gasteiger partial charge in [0.15, 0.2) is 19.9 Å². The predicted octanol–water partition coefficient (Wildman–Crippen LogP) is 3.61. The molecule has 154 valence electrons. The number of carbonyl (C=O) groups is 1. The van der Waals surface area contributed by atoms with Gasteiger partial charge in [0, 0.05) is 17.1 Å². The van der Waals surface area contributed by atoms with Crippen LogP contribution in [0.15, 0.2) is 20.7 Å². The van der Waals surface area contributed by atoms with Crippen molar-refractivity contribution in [2.24, 2.45) is 9.50 Å². The summed E-state index contributed by atoms with van der Waals surface area (Å²) in [5, 5.41) is 8.65. The number of rotatable bonds is 4. The lowest BCUT2D eigenvalue weighted by molar-refractivity contribution is 0.174. The number of halogens is 1. The highest BCUT2D eigenvalue weighted by atomic mass is 32.2. The van der Waals surface area contributed by atoms with Crippen LogP contribution in [0.25, 0.3) is 0 Å². The van der Waals surface area contributed by atoms with Crippen molar-refractivity contribution in [1.82, 2.24) is 4.90 Å². The summed E-state index contributed by atoms with van der Waals surface area (Å²) < 4.78 is 30.8. The highest BCUT2D eigenvalue weighted by Gasteiger charge is 2.27. The van der Waals surface area contributed by atoms with Crippen LogP contribution in [0.1, 0.15) is 40.0 Å². The number of thiophene rings is 1. The number of amides is 2. The molecule has 3 aliphatic rings. The molecule has 2 aromatic rings. The number of hydrogen-bond acceptors (Lipinski definition) is 4. The maximum Gasteiger partial charge on any atom is 0.354 e. The molecule has 3 N–H and O–H groups in total. The third kappa shape index (κ3) is 3.50. The van der Waals surface area contributed by atoms with E-state index < -0.39 is 21.8 Å². The molecular weight excluding hydrogens is 411 g/mol. The average Bonchev–Trinajstić information content (AvgIpc) is 3.20. The van der Waals surface area contributed by atoms with Crippen molar-refractivity contribution in [1.29, 1.82) is 0 Å². The molecule has 29 heavy (non-hydrogen) atoms. The SMILES string of the molecule is NS(=O)(=NC(=O)Nc1c2c(cc3c1CC3)CCC2)c1sc(CN2CCC2)cc1F. The fraction of sp³-hybridized carbons (Fsp3) is 0.450. The number of fused-ring (bicyclic) bond motifs is 2. The van der Waals surface area contributed by atoms with Crippen molar-refractivity contribution in [2.75, 3.05) is 18.4 Å². The van der Waals surface area contributed by atoms with Crippen molar-refractivity contribution < 1.29 is 13.4 Å². The van der Waals surface area contributed by atoms with Gasteiger partial charge in [-0.3, -0.25) is 4.90 Å². The van der Waals surface area contributed by atoms with Gasteiger partial charge < -0.3 is 5.32 Å². The first-order chi connectivity index (χ1) is 13.9. The molecule has 2 amide bonds. The van der Waals surface area contributed by atoms with Crippen LogP contribution in [0.5, 0.6) is 0 Å². The molecule has 6 nitrogen and oxygen atoms in total.